The molecule has 2 heterocycles. The first-order valence-electron chi connectivity index (χ1n) is 6.51. The summed E-state index contributed by atoms with van der Waals surface area (Å²) >= 11 is 1.60. The smallest absolute Gasteiger partial charge is 0.212 e. The Kier molecular flexibility index (Phi) is 3.44. The number of carbonyl (C=O) groups is 1. The molecule has 0 saturated carbocycles. The lowest BCUT2D eigenvalue weighted by atomic mass is 10.1. The van der Waals surface area contributed by atoms with E-state index in [1.54, 1.807) is 11.3 Å². The topological polar surface area (TPSA) is 33.2 Å². The molecule has 1 aliphatic rings. The zero-order valence-corrected chi connectivity index (χ0v) is 11.7. The highest BCUT2D eigenvalue weighted by Crippen LogP contribution is 2.32. The van der Waals surface area contributed by atoms with Gasteiger partial charge in [0, 0.05) is 10.9 Å². The van der Waals surface area contributed by atoms with Crippen LogP contribution in [0.3, 0.4) is 0 Å². The largest absolute Gasteiger partial charge is 0.297 e. The van der Waals surface area contributed by atoms with Gasteiger partial charge in [0.1, 0.15) is 10.7 Å². The first-order chi connectivity index (χ1) is 9.25. The van der Waals surface area contributed by atoms with Gasteiger partial charge in [0.05, 0.1) is 6.04 Å². The molecule has 0 N–H and O–H groups in total. The molecule has 1 aromatic carbocycles. The maximum absolute atomic E-state index is 12.3. The standard InChI is InChI=1S/C15H16N2OS/c1-17-9-5-8-13(17)15-16-12(10-19-15)14(18)11-6-3-2-4-7-11/h2-4,6-7,10,13H,5,8-9H2,1H3/t13-/m0/s1. The van der Waals surface area contributed by atoms with E-state index in [9.17, 15) is 4.79 Å². The Balaban J connectivity index is 1.83. The predicted octanol–water partition coefficient (Wildman–Crippen LogP) is 3.14. The van der Waals surface area contributed by atoms with Gasteiger partial charge in [-0.3, -0.25) is 9.69 Å². The van der Waals surface area contributed by atoms with Crippen LogP contribution in [0.4, 0.5) is 0 Å². The minimum atomic E-state index is 0.0174. The Morgan fingerprint density at radius 2 is 2.16 bits per heavy atom. The van der Waals surface area contributed by atoms with E-state index >= 15 is 0 Å². The lowest BCUT2D eigenvalue weighted by Crippen LogP contribution is -2.17. The Labute approximate surface area is 116 Å². The number of benzene rings is 1. The molecule has 19 heavy (non-hydrogen) atoms. The molecule has 0 spiro atoms. The van der Waals surface area contributed by atoms with E-state index in [-0.39, 0.29) is 5.78 Å². The maximum Gasteiger partial charge on any atom is 0.212 e. The molecule has 4 heteroatoms. The van der Waals surface area contributed by atoms with Gasteiger partial charge in [-0.1, -0.05) is 30.3 Å². The first kappa shape index (κ1) is 12.5. The third kappa shape index (κ3) is 2.46. The number of aromatic nitrogens is 1. The SMILES string of the molecule is CN1CCC[C@H]1c1nc(C(=O)c2ccccc2)cs1. The second-order valence-electron chi connectivity index (χ2n) is 4.90. The van der Waals surface area contributed by atoms with Crippen LogP contribution in [0.2, 0.25) is 0 Å². The third-order valence-corrected chi connectivity index (χ3v) is 4.54. The molecular weight excluding hydrogens is 256 g/mol. The molecule has 3 nitrogen and oxygen atoms in total. The highest BCUT2D eigenvalue weighted by Gasteiger charge is 2.26. The van der Waals surface area contributed by atoms with E-state index in [0.717, 1.165) is 18.0 Å². The van der Waals surface area contributed by atoms with Crippen LogP contribution in [0.1, 0.15) is 39.9 Å². The fourth-order valence-corrected chi connectivity index (χ4v) is 3.50. The van der Waals surface area contributed by atoms with E-state index in [0.29, 0.717) is 17.3 Å². The molecule has 0 unspecified atom stereocenters. The Hall–Kier alpha value is -1.52. The van der Waals surface area contributed by atoms with E-state index < -0.39 is 0 Å². The van der Waals surface area contributed by atoms with Crippen LogP contribution < -0.4 is 0 Å². The van der Waals surface area contributed by atoms with Crippen molar-refractivity contribution in [2.45, 2.75) is 18.9 Å². The third-order valence-electron chi connectivity index (χ3n) is 3.60. The molecule has 1 saturated heterocycles. The van der Waals surface area contributed by atoms with Gasteiger partial charge >= 0.3 is 0 Å². The Morgan fingerprint density at radius 1 is 1.37 bits per heavy atom. The quantitative estimate of drug-likeness (QED) is 0.805. The van der Waals surface area contributed by atoms with Crippen molar-refractivity contribution in [3.8, 4) is 0 Å². The van der Waals surface area contributed by atoms with Gasteiger partial charge in [-0.15, -0.1) is 11.3 Å². The fraction of sp³-hybridized carbons (Fsp3) is 0.333. The fourth-order valence-electron chi connectivity index (χ4n) is 2.50. The number of carbonyl (C=O) groups excluding carboxylic acids is 1. The highest BCUT2D eigenvalue weighted by molar-refractivity contribution is 7.10. The van der Waals surface area contributed by atoms with Crippen molar-refractivity contribution < 1.29 is 4.79 Å². The molecule has 0 radical (unpaired) electrons. The second kappa shape index (κ2) is 5.23. The molecule has 0 bridgehead atoms. The summed E-state index contributed by atoms with van der Waals surface area (Å²) in [5, 5.41) is 2.95. The molecule has 0 amide bonds. The van der Waals surface area contributed by atoms with Gasteiger partial charge in [0.25, 0.3) is 0 Å². The summed E-state index contributed by atoms with van der Waals surface area (Å²) < 4.78 is 0. The zero-order chi connectivity index (χ0) is 13.2. The highest BCUT2D eigenvalue weighted by atomic mass is 32.1. The van der Waals surface area contributed by atoms with Crippen LogP contribution in [0.15, 0.2) is 35.7 Å². The molecular formula is C15H16N2OS. The van der Waals surface area contributed by atoms with Gasteiger partial charge in [0.15, 0.2) is 0 Å². The van der Waals surface area contributed by atoms with Crippen LogP contribution >= 0.6 is 11.3 Å². The number of thiazole rings is 1. The van der Waals surface area contributed by atoms with Crippen molar-refractivity contribution in [1.82, 2.24) is 9.88 Å². The summed E-state index contributed by atoms with van der Waals surface area (Å²) in [6.45, 7) is 1.12. The van der Waals surface area contributed by atoms with Gasteiger partial charge in [-0.25, -0.2) is 4.98 Å². The zero-order valence-electron chi connectivity index (χ0n) is 10.9. The van der Waals surface area contributed by atoms with Crippen molar-refractivity contribution in [1.29, 1.82) is 0 Å². The molecule has 1 fully saturated rings. The first-order valence-corrected chi connectivity index (χ1v) is 7.39. The number of rotatable bonds is 3. The van der Waals surface area contributed by atoms with E-state index in [2.05, 4.69) is 16.9 Å². The summed E-state index contributed by atoms with van der Waals surface area (Å²) in [4.78, 5) is 19.1. The van der Waals surface area contributed by atoms with Crippen molar-refractivity contribution >= 4 is 17.1 Å². The lowest BCUT2D eigenvalue weighted by molar-refractivity contribution is 0.103. The summed E-state index contributed by atoms with van der Waals surface area (Å²) in [5.74, 6) is 0.0174. The lowest BCUT2D eigenvalue weighted by Gasteiger charge is -2.16. The van der Waals surface area contributed by atoms with Gasteiger partial charge in [-0.2, -0.15) is 0 Å². The van der Waals surface area contributed by atoms with E-state index in [1.807, 2.05) is 35.7 Å². The summed E-state index contributed by atoms with van der Waals surface area (Å²) in [7, 11) is 2.12. The Morgan fingerprint density at radius 3 is 2.84 bits per heavy atom. The van der Waals surface area contributed by atoms with Crippen molar-refractivity contribution in [2.24, 2.45) is 0 Å². The van der Waals surface area contributed by atoms with E-state index in [1.165, 1.54) is 6.42 Å². The average Bonchev–Trinajstić information content (AvgIpc) is 3.07. The molecule has 3 rings (SSSR count). The summed E-state index contributed by atoms with van der Waals surface area (Å²) in [5.41, 5.74) is 1.28. The predicted molar refractivity (Wildman–Crippen MR) is 76.6 cm³/mol. The average molecular weight is 272 g/mol. The van der Waals surface area contributed by atoms with Crippen LogP contribution in [0.25, 0.3) is 0 Å². The van der Waals surface area contributed by atoms with Crippen LogP contribution in [-0.4, -0.2) is 29.3 Å². The summed E-state index contributed by atoms with van der Waals surface area (Å²) in [6, 6.07) is 9.74. The number of ketones is 1. The normalized spacial score (nSPS) is 19.7. The molecule has 0 aliphatic carbocycles. The van der Waals surface area contributed by atoms with Crippen molar-refractivity contribution in [3.63, 3.8) is 0 Å². The van der Waals surface area contributed by atoms with E-state index in [4.69, 9.17) is 0 Å². The molecule has 2 aromatic rings. The molecule has 1 aliphatic heterocycles. The maximum atomic E-state index is 12.3. The number of hydrogen-bond acceptors (Lipinski definition) is 4. The minimum Gasteiger partial charge on any atom is -0.297 e. The second-order valence-corrected chi connectivity index (χ2v) is 5.79. The molecule has 1 atom stereocenters. The molecule has 98 valence electrons. The Bertz CT molecular complexity index is 579. The monoisotopic (exact) mass is 272 g/mol. The number of likely N-dealkylation sites (tertiary alicyclic amines) is 1. The molecule has 1 aromatic heterocycles. The van der Waals surface area contributed by atoms with Crippen LogP contribution in [0.5, 0.6) is 0 Å². The van der Waals surface area contributed by atoms with Gasteiger partial charge < -0.3 is 0 Å². The van der Waals surface area contributed by atoms with Gasteiger partial charge in [0.2, 0.25) is 5.78 Å². The van der Waals surface area contributed by atoms with Crippen LogP contribution in [0, 0.1) is 0 Å². The van der Waals surface area contributed by atoms with Crippen LogP contribution in [-0.2, 0) is 0 Å². The van der Waals surface area contributed by atoms with Gasteiger partial charge in [-0.05, 0) is 26.4 Å². The summed E-state index contributed by atoms with van der Waals surface area (Å²) in [6.07, 6.45) is 2.35. The van der Waals surface area contributed by atoms with Crippen molar-refractivity contribution in [2.75, 3.05) is 13.6 Å². The minimum absolute atomic E-state index is 0.0174. The number of hydrogen-bond donors (Lipinski definition) is 0. The number of nitrogens with zero attached hydrogens (tertiary/aromatic N) is 2. The van der Waals surface area contributed by atoms with Crippen molar-refractivity contribution in [3.05, 3.63) is 52.0 Å².